The van der Waals surface area contributed by atoms with Crippen molar-refractivity contribution in [2.75, 3.05) is 0 Å². The number of H-pyrrole nitrogens is 1. The number of rotatable bonds is 4. The molecule has 1 aliphatic rings. The van der Waals surface area contributed by atoms with Gasteiger partial charge in [-0.2, -0.15) is 0 Å². The van der Waals surface area contributed by atoms with Crippen LogP contribution < -0.4 is 11.3 Å². The van der Waals surface area contributed by atoms with Crippen molar-refractivity contribution in [1.29, 1.82) is 0 Å². The van der Waals surface area contributed by atoms with E-state index in [1.807, 2.05) is 12.3 Å². The van der Waals surface area contributed by atoms with Crippen LogP contribution in [0.4, 0.5) is 0 Å². The van der Waals surface area contributed by atoms with Crippen molar-refractivity contribution in [3.05, 3.63) is 59.9 Å². The molecule has 0 amide bonds. The molecule has 1 atom stereocenters. The quantitative estimate of drug-likeness (QED) is 0.588. The standard InChI is InChI=1S/C17H23N3/c18-20-16(15-10-7-13-19-15)17(11-5-2-6-12-17)14-8-3-1-4-9-14/h1,3-4,7-10,13,16,19-20H,2,5-6,11-12,18H2. The lowest BCUT2D eigenvalue weighted by Crippen LogP contribution is -2.46. The van der Waals surface area contributed by atoms with E-state index in [1.165, 1.54) is 43.4 Å². The second-order valence-corrected chi connectivity index (χ2v) is 5.81. The van der Waals surface area contributed by atoms with Gasteiger partial charge in [0.2, 0.25) is 0 Å². The third-order valence-corrected chi connectivity index (χ3v) is 4.75. The Bertz CT molecular complexity index is 512. The molecular formula is C17H23N3. The van der Waals surface area contributed by atoms with Crippen LogP contribution in [-0.2, 0) is 5.41 Å². The van der Waals surface area contributed by atoms with Crippen molar-refractivity contribution in [2.24, 2.45) is 5.84 Å². The second-order valence-electron chi connectivity index (χ2n) is 5.81. The minimum atomic E-state index is 0.0963. The smallest absolute Gasteiger partial charge is 0.0706 e. The molecule has 0 radical (unpaired) electrons. The molecular weight excluding hydrogens is 246 g/mol. The number of hydrazine groups is 1. The molecule has 1 heterocycles. The van der Waals surface area contributed by atoms with Gasteiger partial charge < -0.3 is 4.98 Å². The number of hydrogen-bond donors (Lipinski definition) is 3. The van der Waals surface area contributed by atoms with Crippen LogP contribution in [0.3, 0.4) is 0 Å². The van der Waals surface area contributed by atoms with Crippen molar-refractivity contribution >= 4 is 0 Å². The van der Waals surface area contributed by atoms with Crippen LogP contribution in [0.2, 0.25) is 0 Å². The summed E-state index contributed by atoms with van der Waals surface area (Å²) >= 11 is 0. The van der Waals surface area contributed by atoms with Gasteiger partial charge >= 0.3 is 0 Å². The first kappa shape index (κ1) is 13.4. The zero-order valence-electron chi connectivity index (χ0n) is 11.8. The molecule has 20 heavy (non-hydrogen) atoms. The summed E-state index contributed by atoms with van der Waals surface area (Å²) < 4.78 is 0. The highest BCUT2D eigenvalue weighted by atomic mass is 15.2. The van der Waals surface area contributed by atoms with Gasteiger partial charge in [-0.3, -0.25) is 11.3 Å². The van der Waals surface area contributed by atoms with Crippen molar-refractivity contribution in [1.82, 2.24) is 10.4 Å². The fourth-order valence-corrected chi connectivity index (χ4v) is 3.77. The summed E-state index contributed by atoms with van der Waals surface area (Å²) in [5.41, 5.74) is 5.76. The first-order chi connectivity index (χ1) is 9.87. The van der Waals surface area contributed by atoms with Crippen molar-refractivity contribution in [3.63, 3.8) is 0 Å². The predicted octanol–water partition coefficient (Wildman–Crippen LogP) is 3.42. The van der Waals surface area contributed by atoms with Gasteiger partial charge in [0.25, 0.3) is 0 Å². The van der Waals surface area contributed by atoms with E-state index in [0.717, 1.165) is 0 Å². The van der Waals surface area contributed by atoms with E-state index >= 15 is 0 Å². The number of benzene rings is 1. The Kier molecular flexibility index (Phi) is 3.90. The predicted molar refractivity (Wildman–Crippen MR) is 82.1 cm³/mol. The number of nitrogens with one attached hydrogen (secondary N) is 2. The first-order valence-electron chi connectivity index (χ1n) is 7.52. The molecule has 1 saturated carbocycles. The summed E-state index contributed by atoms with van der Waals surface area (Å²) in [7, 11) is 0. The van der Waals surface area contributed by atoms with E-state index in [1.54, 1.807) is 0 Å². The molecule has 4 N–H and O–H groups in total. The molecule has 0 aliphatic heterocycles. The number of nitrogens with two attached hydrogens (primary N) is 1. The minimum Gasteiger partial charge on any atom is -0.364 e. The van der Waals surface area contributed by atoms with Crippen LogP contribution in [0.15, 0.2) is 48.7 Å². The molecule has 1 aliphatic carbocycles. The van der Waals surface area contributed by atoms with Gasteiger partial charge in [-0.25, -0.2) is 0 Å². The Morgan fingerprint density at radius 3 is 2.35 bits per heavy atom. The van der Waals surface area contributed by atoms with Crippen LogP contribution in [0, 0.1) is 0 Å². The molecule has 106 valence electrons. The summed E-state index contributed by atoms with van der Waals surface area (Å²) in [5.74, 6) is 5.95. The van der Waals surface area contributed by atoms with Crippen molar-refractivity contribution in [2.45, 2.75) is 43.6 Å². The van der Waals surface area contributed by atoms with E-state index < -0.39 is 0 Å². The molecule has 0 spiro atoms. The molecule has 0 saturated heterocycles. The molecule has 3 rings (SSSR count). The minimum absolute atomic E-state index is 0.0963. The Morgan fingerprint density at radius 1 is 1.00 bits per heavy atom. The summed E-state index contributed by atoms with van der Waals surface area (Å²) in [5, 5.41) is 0. The van der Waals surface area contributed by atoms with Gasteiger partial charge in [-0.05, 0) is 30.5 Å². The van der Waals surface area contributed by atoms with Crippen LogP contribution in [-0.4, -0.2) is 4.98 Å². The molecule has 3 heteroatoms. The Balaban J connectivity index is 2.05. The van der Waals surface area contributed by atoms with Gasteiger partial charge in [-0.15, -0.1) is 0 Å². The number of aromatic amines is 1. The molecule has 2 aromatic rings. The SMILES string of the molecule is NNC(c1ccc[nH]1)C1(c2ccccc2)CCCCC1. The number of hydrogen-bond acceptors (Lipinski definition) is 2. The Labute approximate surface area is 120 Å². The lowest BCUT2D eigenvalue weighted by atomic mass is 9.64. The summed E-state index contributed by atoms with van der Waals surface area (Å²) in [6.07, 6.45) is 8.22. The maximum Gasteiger partial charge on any atom is 0.0706 e. The largest absolute Gasteiger partial charge is 0.364 e. The van der Waals surface area contributed by atoms with Gasteiger partial charge in [0.05, 0.1) is 6.04 Å². The maximum absolute atomic E-state index is 5.95. The third-order valence-electron chi connectivity index (χ3n) is 4.75. The summed E-state index contributed by atoms with van der Waals surface area (Å²) in [6.45, 7) is 0. The second kappa shape index (κ2) is 5.81. The number of aromatic nitrogens is 1. The monoisotopic (exact) mass is 269 g/mol. The lowest BCUT2D eigenvalue weighted by Gasteiger charge is -2.43. The fourth-order valence-electron chi connectivity index (χ4n) is 3.77. The normalized spacial score (nSPS) is 19.6. The van der Waals surface area contributed by atoms with Gasteiger partial charge in [-0.1, -0.05) is 49.6 Å². The fraction of sp³-hybridized carbons (Fsp3) is 0.412. The van der Waals surface area contributed by atoms with Gasteiger partial charge in [0, 0.05) is 17.3 Å². The highest BCUT2D eigenvalue weighted by molar-refractivity contribution is 5.31. The molecule has 0 bridgehead atoms. The zero-order chi connectivity index (χ0) is 13.8. The third kappa shape index (κ3) is 2.28. The van der Waals surface area contributed by atoms with E-state index in [-0.39, 0.29) is 11.5 Å². The van der Waals surface area contributed by atoms with E-state index in [4.69, 9.17) is 5.84 Å². The Hall–Kier alpha value is -1.58. The first-order valence-corrected chi connectivity index (χ1v) is 7.52. The summed E-state index contributed by atoms with van der Waals surface area (Å²) in [4.78, 5) is 3.34. The van der Waals surface area contributed by atoms with E-state index in [9.17, 15) is 0 Å². The molecule has 3 nitrogen and oxygen atoms in total. The van der Waals surface area contributed by atoms with Crippen LogP contribution in [0.25, 0.3) is 0 Å². The highest BCUT2D eigenvalue weighted by Crippen LogP contribution is 2.47. The van der Waals surface area contributed by atoms with E-state index in [2.05, 4.69) is 46.8 Å². The van der Waals surface area contributed by atoms with Crippen LogP contribution >= 0.6 is 0 Å². The molecule has 1 aromatic heterocycles. The van der Waals surface area contributed by atoms with Crippen LogP contribution in [0.1, 0.15) is 49.4 Å². The molecule has 1 unspecified atom stereocenters. The maximum atomic E-state index is 5.95. The van der Waals surface area contributed by atoms with E-state index in [0.29, 0.717) is 0 Å². The zero-order valence-corrected chi connectivity index (χ0v) is 11.8. The highest BCUT2D eigenvalue weighted by Gasteiger charge is 2.42. The van der Waals surface area contributed by atoms with Crippen molar-refractivity contribution in [3.8, 4) is 0 Å². The average molecular weight is 269 g/mol. The van der Waals surface area contributed by atoms with Gasteiger partial charge in [0.15, 0.2) is 0 Å². The van der Waals surface area contributed by atoms with Crippen molar-refractivity contribution < 1.29 is 0 Å². The summed E-state index contributed by atoms with van der Waals surface area (Å²) in [6, 6.07) is 15.2. The topological polar surface area (TPSA) is 53.8 Å². The van der Waals surface area contributed by atoms with Crippen LogP contribution in [0.5, 0.6) is 0 Å². The van der Waals surface area contributed by atoms with Gasteiger partial charge in [0.1, 0.15) is 0 Å². The lowest BCUT2D eigenvalue weighted by molar-refractivity contribution is 0.212. The Morgan fingerprint density at radius 2 is 1.75 bits per heavy atom. The average Bonchev–Trinajstić information content (AvgIpc) is 3.04. The molecule has 1 aromatic carbocycles. The molecule has 1 fully saturated rings.